The topological polar surface area (TPSA) is 347 Å². The van der Waals surface area contributed by atoms with Crippen molar-refractivity contribution in [3.63, 3.8) is 0 Å². The fraction of sp³-hybridized carbons (Fsp3) is 0. The molecule has 0 amide bonds. The number of rotatable bonds is 0. The smallest absolute Gasteiger partial charge is 0.652 e. The zero-order valence-corrected chi connectivity index (χ0v) is 18.4. The summed E-state index contributed by atoms with van der Waals surface area (Å²) in [5.74, 6) is 0. The van der Waals surface area contributed by atoms with Crippen molar-refractivity contribution in [3.8, 4) is 0 Å². The van der Waals surface area contributed by atoms with Crippen LogP contribution in [0.3, 0.4) is 0 Å². The zero-order valence-electron chi connectivity index (χ0n) is 11.7. The summed E-state index contributed by atoms with van der Waals surface area (Å²) in [6, 6.07) is 0. The minimum Gasteiger partial charge on any atom is -0.652 e. The molecule has 0 bridgehead atoms. The standard InChI is InChI=1S/5CH2O3.2Al.2Ca.H2O/c5*2-1(3)4;;;;;/h5*(H2,2,3,4);;;;;1H2/q;;;;;2*+3;2*+2;/p-10. The number of hydrogen-bond donors (Lipinski definition) is 0. The Morgan fingerprint density at radius 1 is 0.360 bits per heavy atom. The Morgan fingerprint density at radius 2 is 0.360 bits per heavy atom. The van der Waals surface area contributed by atoms with Gasteiger partial charge in [-0.15, -0.1) is 0 Å². The van der Waals surface area contributed by atoms with E-state index in [0.29, 0.717) is 0 Å². The van der Waals surface area contributed by atoms with Crippen LogP contribution in [0.4, 0.5) is 24.0 Å². The molecule has 0 atom stereocenters. The second kappa shape index (κ2) is 56.5. The van der Waals surface area contributed by atoms with E-state index in [1.165, 1.54) is 0 Å². The van der Waals surface area contributed by atoms with Gasteiger partial charge in [0, 0.05) is 0 Å². The van der Waals surface area contributed by atoms with E-state index in [9.17, 15) is 0 Å². The molecule has 0 aromatic rings. The van der Waals surface area contributed by atoms with Crippen molar-refractivity contribution in [1.29, 1.82) is 0 Å². The Labute approximate surface area is 218 Å². The van der Waals surface area contributed by atoms with Crippen molar-refractivity contribution in [2.45, 2.75) is 0 Å². The van der Waals surface area contributed by atoms with Gasteiger partial charge in [-0.1, -0.05) is 0 Å². The predicted octanol–water partition coefficient (Wildman–Crippen LogP) is -14.6. The van der Waals surface area contributed by atoms with Crippen LogP contribution in [0.2, 0.25) is 0 Å². The molecule has 0 saturated heterocycles. The maximum absolute atomic E-state index is 8.33. The molecule has 16 nitrogen and oxygen atoms in total. The van der Waals surface area contributed by atoms with Crippen LogP contribution >= 0.6 is 0 Å². The average molecular weight is 452 g/mol. The first-order valence-electron chi connectivity index (χ1n) is 3.06. The van der Waals surface area contributed by atoms with Gasteiger partial charge in [0.1, 0.15) is 0 Å². The third kappa shape index (κ3) is 1030000. The van der Waals surface area contributed by atoms with Crippen LogP contribution in [-0.2, 0) is 0 Å². The van der Waals surface area contributed by atoms with E-state index in [1.54, 1.807) is 0 Å². The first-order valence-corrected chi connectivity index (χ1v) is 3.06. The van der Waals surface area contributed by atoms with Crippen molar-refractivity contribution in [2.24, 2.45) is 0 Å². The van der Waals surface area contributed by atoms with Gasteiger partial charge in [0.05, 0.1) is 0 Å². The van der Waals surface area contributed by atoms with E-state index >= 15 is 0 Å². The Morgan fingerprint density at radius 3 is 0.360 bits per heavy atom. The molecule has 128 valence electrons. The summed E-state index contributed by atoms with van der Waals surface area (Å²) >= 11 is 0. The van der Waals surface area contributed by atoms with Gasteiger partial charge in [-0.3, -0.25) is 0 Å². The molecule has 0 fully saturated rings. The molecule has 0 unspecified atom stereocenters. The first kappa shape index (κ1) is 64.1. The molecule has 0 aliphatic heterocycles. The van der Waals surface area contributed by atoms with Crippen molar-refractivity contribution >= 4 is 141 Å². The molecule has 25 heavy (non-hydrogen) atoms. The van der Waals surface area contributed by atoms with Crippen LogP contribution in [0.15, 0.2) is 0 Å². The van der Waals surface area contributed by atoms with E-state index in [4.69, 9.17) is 75.0 Å². The number of hydrogen-bond acceptors (Lipinski definition) is 15. The van der Waals surface area contributed by atoms with Gasteiger partial charge in [-0.05, 0) is 30.8 Å². The van der Waals surface area contributed by atoms with Gasteiger partial charge < -0.3 is 80.5 Å². The first-order chi connectivity index (χ1) is 8.66. The Bertz CT molecular complexity index is 221. The monoisotopic (exact) mass is 452 g/mol. The third-order valence-electron chi connectivity index (χ3n) is 0. The second-order valence-corrected chi connectivity index (χ2v) is 1.25. The van der Waals surface area contributed by atoms with Gasteiger partial charge in [0.15, 0.2) is 0 Å². The molecule has 0 aliphatic rings. The van der Waals surface area contributed by atoms with Crippen LogP contribution in [-0.4, -0.2) is 146 Å². The molecule has 0 aromatic carbocycles. The van der Waals surface area contributed by atoms with Crippen molar-refractivity contribution in [3.05, 3.63) is 0 Å². The average Bonchev–Trinajstić information content (AvgIpc) is 1.94. The van der Waals surface area contributed by atoms with Crippen molar-refractivity contribution < 1.29 is 80.5 Å². The molecular formula is C5H2Al2Ca2O16. The summed E-state index contributed by atoms with van der Waals surface area (Å²) < 4.78 is 0. The van der Waals surface area contributed by atoms with Crippen molar-refractivity contribution in [2.75, 3.05) is 0 Å². The van der Waals surface area contributed by atoms with E-state index in [2.05, 4.69) is 0 Å². The quantitative estimate of drug-likeness (QED) is 0.308. The van der Waals surface area contributed by atoms with Crippen molar-refractivity contribution in [1.82, 2.24) is 0 Å². The summed E-state index contributed by atoms with van der Waals surface area (Å²) in [5.41, 5.74) is 0. The third-order valence-corrected chi connectivity index (χ3v) is 0. The summed E-state index contributed by atoms with van der Waals surface area (Å²) in [5, 5.41) is 83.3. The summed E-state index contributed by atoms with van der Waals surface area (Å²) in [6.07, 6.45) is -11.7. The fourth-order valence-corrected chi connectivity index (χ4v) is 0. The second-order valence-electron chi connectivity index (χ2n) is 1.25. The molecule has 0 aromatic heterocycles. The maximum atomic E-state index is 8.33. The van der Waals surface area contributed by atoms with E-state index in [-0.39, 0.29) is 116 Å². The summed E-state index contributed by atoms with van der Waals surface area (Å²) in [4.78, 5) is 41.7. The van der Waals surface area contributed by atoms with Crippen LogP contribution in [0.1, 0.15) is 0 Å². The molecule has 0 radical (unpaired) electrons. The molecule has 0 rings (SSSR count). The minimum atomic E-state index is -2.33. The van der Waals surface area contributed by atoms with Gasteiger partial charge in [-0.25, -0.2) is 0 Å². The van der Waals surface area contributed by atoms with Gasteiger partial charge in [0.2, 0.25) is 0 Å². The normalized spacial score (nSPS) is 4.80. The Hall–Kier alpha value is -0.106. The largest absolute Gasteiger partial charge is 3.00 e. The van der Waals surface area contributed by atoms with Crippen LogP contribution < -0.4 is 51.1 Å². The zero-order chi connectivity index (χ0) is 17.9. The van der Waals surface area contributed by atoms with E-state index in [0.717, 1.165) is 0 Å². The van der Waals surface area contributed by atoms with Crippen LogP contribution in [0, 0.1) is 0 Å². The molecular weight excluding hydrogens is 450 g/mol. The van der Waals surface area contributed by atoms with Gasteiger partial charge in [0.25, 0.3) is 0 Å². The SMILES string of the molecule is O.O=C([O-])[O-].O=C([O-])[O-].O=C([O-])[O-].O=C([O-])[O-].O=C([O-])[O-].[Al+3].[Al+3].[Ca+2].[Ca+2]. The number of carbonyl (C=O) groups excluding carboxylic acids is 5. The van der Waals surface area contributed by atoms with Crippen LogP contribution in [0.5, 0.6) is 0 Å². The molecule has 0 aliphatic carbocycles. The van der Waals surface area contributed by atoms with Crippen LogP contribution in [0.25, 0.3) is 0 Å². The molecule has 0 saturated carbocycles. The molecule has 0 heterocycles. The van der Waals surface area contributed by atoms with Gasteiger partial charge in [-0.2, -0.15) is 0 Å². The Balaban J connectivity index is -0.0000000134. The molecule has 0 spiro atoms. The summed E-state index contributed by atoms with van der Waals surface area (Å²) in [6.45, 7) is 0. The molecule has 20 heteroatoms. The fourth-order valence-electron chi connectivity index (χ4n) is 0. The molecule has 2 N–H and O–H groups in total. The van der Waals surface area contributed by atoms with Gasteiger partial charge >= 0.3 is 110 Å². The predicted molar refractivity (Wildman–Crippen MR) is 53.6 cm³/mol. The number of carboxylic acid groups (broad SMARTS) is 10. The summed E-state index contributed by atoms with van der Waals surface area (Å²) in [7, 11) is 0. The number of carbonyl (C=O) groups is 5. The minimum absolute atomic E-state index is 0. The Kier molecular flexibility index (Phi) is 145. The van der Waals surface area contributed by atoms with E-state index in [1.807, 2.05) is 0 Å². The maximum Gasteiger partial charge on any atom is 3.00 e. The van der Waals surface area contributed by atoms with E-state index < -0.39 is 30.8 Å².